The Bertz CT molecular complexity index is 1170. The van der Waals surface area contributed by atoms with E-state index in [1.165, 1.54) is 0 Å². The number of hydrogen-bond donors (Lipinski definition) is 1. The third-order valence-electron chi connectivity index (χ3n) is 6.19. The summed E-state index contributed by atoms with van der Waals surface area (Å²) in [6, 6.07) is 22.0. The molecule has 1 aliphatic rings. The molecule has 7 heteroatoms. The molecule has 1 aliphatic heterocycles. The van der Waals surface area contributed by atoms with Crippen molar-refractivity contribution in [1.82, 2.24) is 10.2 Å². The number of nitrogens with one attached hydrogen (secondary N) is 1. The Balaban J connectivity index is 1.56. The summed E-state index contributed by atoms with van der Waals surface area (Å²) in [5.41, 5.74) is 2.04. The van der Waals surface area contributed by atoms with Gasteiger partial charge in [-0.2, -0.15) is 0 Å². The number of piperidine rings is 1. The number of carbonyl (C=O) groups is 2. The van der Waals surface area contributed by atoms with E-state index in [0.29, 0.717) is 47.2 Å². The molecule has 2 unspecified atom stereocenters. The average molecular weight is 479 g/mol. The molecule has 2 atom stereocenters. The molecule has 1 heterocycles. The van der Waals surface area contributed by atoms with E-state index >= 15 is 0 Å². The van der Waals surface area contributed by atoms with Gasteiger partial charge in [0.05, 0.1) is 24.8 Å². The molecule has 0 aromatic heterocycles. The molecular weight excluding hydrogens is 452 g/mol. The Kier molecular flexibility index (Phi) is 7.38. The van der Waals surface area contributed by atoms with E-state index < -0.39 is 0 Å². The first kappa shape index (κ1) is 23.6. The van der Waals surface area contributed by atoms with E-state index in [1.807, 2.05) is 35.2 Å². The van der Waals surface area contributed by atoms with Crippen LogP contribution in [0.4, 0.5) is 0 Å². The standard InChI is InChI=1S/C27H27ClN2O4/c1-33-24-13-12-19(16-25(24)34-2)27(32)30-15-14-23(21(17-30)18-8-4-3-5-9-18)29-26(31)20-10-6-7-11-22(20)28/h3-13,16,21,23H,14-15,17H2,1-2H3,(H,29,31). The highest BCUT2D eigenvalue weighted by atomic mass is 35.5. The number of ether oxygens (including phenoxy) is 2. The number of benzene rings is 3. The lowest BCUT2D eigenvalue weighted by Crippen LogP contribution is -2.51. The van der Waals surface area contributed by atoms with Gasteiger partial charge in [0.15, 0.2) is 11.5 Å². The zero-order valence-corrected chi connectivity index (χ0v) is 19.9. The lowest BCUT2D eigenvalue weighted by atomic mass is 9.85. The second-order valence-corrected chi connectivity index (χ2v) is 8.59. The van der Waals surface area contributed by atoms with E-state index in [4.69, 9.17) is 21.1 Å². The van der Waals surface area contributed by atoms with E-state index in [0.717, 1.165) is 5.56 Å². The average Bonchev–Trinajstić information content (AvgIpc) is 2.88. The SMILES string of the molecule is COc1ccc(C(=O)N2CCC(NC(=O)c3ccccc3Cl)C(c3ccccc3)C2)cc1OC. The van der Waals surface area contributed by atoms with Crippen LogP contribution in [0.2, 0.25) is 5.02 Å². The van der Waals surface area contributed by atoms with Gasteiger partial charge >= 0.3 is 0 Å². The second-order valence-electron chi connectivity index (χ2n) is 8.19. The summed E-state index contributed by atoms with van der Waals surface area (Å²) >= 11 is 6.24. The molecule has 176 valence electrons. The molecule has 1 saturated heterocycles. The van der Waals surface area contributed by atoms with Crippen LogP contribution in [0, 0.1) is 0 Å². The van der Waals surface area contributed by atoms with Crippen molar-refractivity contribution < 1.29 is 19.1 Å². The zero-order chi connectivity index (χ0) is 24.1. The van der Waals surface area contributed by atoms with Gasteiger partial charge < -0.3 is 19.7 Å². The fraction of sp³-hybridized carbons (Fsp3) is 0.259. The van der Waals surface area contributed by atoms with Crippen LogP contribution >= 0.6 is 11.6 Å². The van der Waals surface area contributed by atoms with Gasteiger partial charge in [0.2, 0.25) is 0 Å². The van der Waals surface area contributed by atoms with Crippen molar-refractivity contribution in [2.75, 3.05) is 27.3 Å². The van der Waals surface area contributed by atoms with Crippen LogP contribution in [0.5, 0.6) is 11.5 Å². The summed E-state index contributed by atoms with van der Waals surface area (Å²) in [7, 11) is 3.11. The third kappa shape index (κ3) is 5.02. The first-order chi connectivity index (χ1) is 16.5. The largest absolute Gasteiger partial charge is 0.493 e. The van der Waals surface area contributed by atoms with Crippen molar-refractivity contribution in [2.24, 2.45) is 0 Å². The molecule has 6 nitrogen and oxygen atoms in total. The molecule has 3 aromatic rings. The molecular formula is C27H27ClN2O4. The van der Waals surface area contributed by atoms with Crippen molar-refractivity contribution in [3.05, 3.63) is 94.5 Å². The first-order valence-corrected chi connectivity index (χ1v) is 11.5. The van der Waals surface area contributed by atoms with Gasteiger partial charge in [-0.25, -0.2) is 0 Å². The quantitative estimate of drug-likeness (QED) is 0.553. The van der Waals surface area contributed by atoms with Crippen LogP contribution in [-0.4, -0.2) is 50.1 Å². The Morgan fingerprint density at radius 1 is 0.941 bits per heavy atom. The number of halogens is 1. The normalized spacial score (nSPS) is 17.7. The van der Waals surface area contributed by atoms with Gasteiger partial charge in [0.25, 0.3) is 11.8 Å². The Morgan fingerprint density at radius 2 is 1.65 bits per heavy atom. The van der Waals surface area contributed by atoms with Crippen LogP contribution in [0.1, 0.15) is 38.6 Å². The Hall–Kier alpha value is -3.51. The molecule has 0 bridgehead atoms. The van der Waals surface area contributed by atoms with Crippen LogP contribution in [0.15, 0.2) is 72.8 Å². The molecule has 0 spiro atoms. The number of rotatable bonds is 6. The topological polar surface area (TPSA) is 67.9 Å². The molecule has 0 saturated carbocycles. The molecule has 34 heavy (non-hydrogen) atoms. The summed E-state index contributed by atoms with van der Waals surface area (Å²) in [5.74, 6) is 0.719. The van der Waals surface area contributed by atoms with Gasteiger partial charge in [0.1, 0.15) is 0 Å². The Labute approximate surface area is 204 Å². The fourth-order valence-electron chi connectivity index (χ4n) is 4.39. The van der Waals surface area contributed by atoms with E-state index in [1.54, 1.807) is 56.7 Å². The summed E-state index contributed by atoms with van der Waals surface area (Å²) in [4.78, 5) is 28.2. The van der Waals surface area contributed by atoms with Crippen molar-refractivity contribution in [1.29, 1.82) is 0 Å². The molecule has 2 amide bonds. The highest BCUT2D eigenvalue weighted by molar-refractivity contribution is 6.33. The molecule has 0 aliphatic carbocycles. The number of carbonyl (C=O) groups excluding carboxylic acids is 2. The van der Waals surface area contributed by atoms with E-state index in [9.17, 15) is 9.59 Å². The molecule has 1 fully saturated rings. The number of likely N-dealkylation sites (tertiary alicyclic amines) is 1. The molecule has 4 rings (SSSR count). The van der Waals surface area contributed by atoms with E-state index in [-0.39, 0.29) is 23.8 Å². The number of hydrogen-bond acceptors (Lipinski definition) is 4. The van der Waals surface area contributed by atoms with Crippen molar-refractivity contribution in [3.8, 4) is 11.5 Å². The van der Waals surface area contributed by atoms with Crippen LogP contribution in [0.25, 0.3) is 0 Å². The van der Waals surface area contributed by atoms with Crippen molar-refractivity contribution in [3.63, 3.8) is 0 Å². The maximum atomic E-state index is 13.4. The van der Waals surface area contributed by atoms with Gasteiger partial charge in [-0.15, -0.1) is 0 Å². The maximum Gasteiger partial charge on any atom is 0.254 e. The lowest BCUT2D eigenvalue weighted by molar-refractivity contribution is 0.0671. The van der Waals surface area contributed by atoms with Crippen LogP contribution in [0.3, 0.4) is 0 Å². The highest BCUT2D eigenvalue weighted by Gasteiger charge is 2.34. The van der Waals surface area contributed by atoms with Gasteiger partial charge in [-0.3, -0.25) is 9.59 Å². The highest BCUT2D eigenvalue weighted by Crippen LogP contribution is 2.31. The summed E-state index contributed by atoms with van der Waals surface area (Å²) in [6.45, 7) is 0.995. The van der Waals surface area contributed by atoms with Crippen molar-refractivity contribution in [2.45, 2.75) is 18.4 Å². The molecule has 1 N–H and O–H groups in total. The summed E-state index contributed by atoms with van der Waals surface area (Å²) in [6.07, 6.45) is 0.620. The van der Waals surface area contributed by atoms with Crippen LogP contribution < -0.4 is 14.8 Å². The lowest BCUT2D eigenvalue weighted by Gasteiger charge is -2.39. The minimum Gasteiger partial charge on any atom is -0.493 e. The smallest absolute Gasteiger partial charge is 0.254 e. The predicted octanol–water partition coefficient (Wildman–Crippen LogP) is 4.79. The number of amides is 2. The van der Waals surface area contributed by atoms with Gasteiger partial charge in [-0.1, -0.05) is 54.1 Å². The molecule has 0 radical (unpaired) electrons. The Morgan fingerprint density at radius 3 is 2.35 bits per heavy atom. The predicted molar refractivity (Wildman–Crippen MR) is 132 cm³/mol. The summed E-state index contributed by atoms with van der Waals surface area (Å²) in [5, 5.41) is 3.57. The summed E-state index contributed by atoms with van der Waals surface area (Å²) < 4.78 is 10.7. The minimum absolute atomic E-state index is 0.0644. The molecule has 3 aromatic carbocycles. The minimum atomic E-state index is -0.212. The third-order valence-corrected chi connectivity index (χ3v) is 6.52. The van der Waals surface area contributed by atoms with E-state index in [2.05, 4.69) is 5.32 Å². The monoisotopic (exact) mass is 478 g/mol. The van der Waals surface area contributed by atoms with Crippen LogP contribution in [-0.2, 0) is 0 Å². The van der Waals surface area contributed by atoms with Gasteiger partial charge in [0, 0.05) is 30.6 Å². The second kappa shape index (κ2) is 10.6. The first-order valence-electron chi connectivity index (χ1n) is 11.1. The van der Waals surface area contributed by atoms with Gasteiger partial charge in [-0.05, 0) is 42.3 Å². The number of nitrogens with zero attached hydrogens (tertiary/aromatic N) is 1. The van der Waals surface area contributed by atoms with Crippen molar-refractivity contribution >= 4 is 23.4 Å². The number of methoxy groups -OCH3 is 2. The maximum absolute atomic E-state index is 13.4. The zero-order valence-electron chi connectivity index (χ0n) is 19.2. The fourth-order valence-corrected chi connectivity index (χ4v) is 4.61.